The maximum absolute atomic E-state index is 13.4. The summed E-state index contributed by atoms with van der Waals surface area (Å²) in [5.41, 5.74) is 0. The predicted molar refractivity (Wildman–Crippen MR) is 284 cm³/mol. The average molecular weight is 963 g/mol. The standard InChI is InChI=1S/C57H107N2O7P/c1-7-10-13-16-19-22-25-28-29-32-34-37-40-43-46-49-56(60)58-54(53-65-67(62,63)64-52-51-59(4,5)6)55(48-45-42-39-36-33-30-26-23-20-17-14-11-8-2)66-57(61)50-47-44-41-38-35-31-27-24-21-18-15-12-9-3/h22,25,31,35,41,44-45,48,54-55H,7-21,23-24,26-30,32-34,36-40,42-43,46-47,49-53H2,1-6H3,(H-,58,60,62,63)/b25-22-,35-31-,44-41+,48-45+. The maximum atomic E-state index is 13.4. The van der Waals surface area contributed by atoms with E-state index in [1.807, 2.05) is 39.4 Å². The lowest BCUT2D eigenvalue weighted by Gasteiger charge is -2.30. The second kappa shape index (κ2) is 47.6. The number of carbonyl (C=O) groups excluding carboxylic acids is 2. The summed E-state index contributed by atoms with van der Waals surface area (Å²) in [4.78, 5) is 39.7. The number of unbranched alkanes of at least 4 members (excludes halogenated alkanes) is 28. The second-order valence-corrected chi connectivity index (χ2v) is 21.5. The number of rotatable bonds is 50. The molecule has 0 aromatic carbocycles. The monoisotopic (exact) mass is 963 g/mol. The van der Waals surface area contributed by atoms with Gasteiger partial charge in [-0.25, -0.2) is 0 Å². The van der Waals surface area contributed by atoms with Crippen LogP contribution in [0.3, 0.4) is 0 Å². The van der Waals surface area contributed by atoms with Crippen LogP contribution in [0, 0.1) is 0 Å². The normalized spacial score (nSPS) is 14.2. The van der Waals surface area contributed by atoms with Gasteiger partial charge in [-0.3, -0.25) is 14.2 Å². The molecule has 392 valence electrons. The van der Waals surface area contributed by atoms with E-state index in [4.69, 9.17) is 13.8 Å². The van der Waals surface area contributed by atoms with Crippen LogP contribution in [0.2, 0.25) is 0 Å². The number of nitrogens with zero attached hydrogens (tertiary/aromatic N) is 1. The molecule has 3 unspecified atom stereocenters. The molecule has 1 amide bonds. The molecule has 0 radical (unpaired) electrons. The molecule has 1 N–H and O–H groups in total. The van der Waals surface area contributed by atoms with E-state index in [0.717, 1.165) is 64.2 Å². The van der Waals surface area contributed by atoms with Crippen LogP contribution in [0.5, 0.6) is 0 Å². The molecule has 0 aliphatic heterocycles. The van der Waals surface area contributed by atoms with E-state index in [2.05, 4.69) is 56.5 Å². The third-order valence-electron chi connectivity index (χ3n) is 12.2. The molecule has 0 fully saturated rings. The Morgan fingerprint density at radius 2 is 0.925 bits per heavy atom. The number of phosphoric acid groups is 1. The molecule has 0 spiro atoms. The molecular formula is C57H107N2O7P. The van der Waals surface area contributed by atoms with E-state index in [1.54, 1.807) is 0 Å². The minimum Gasteiger partial charge on any atom is -0.756 e. The van der Waals surface area contributed by atoms with Crippen LogP contribution < -0.4 is 10.2 Å². The molecule has 67 heavy (non-hydrogen) atoms. The highest BCUT2D eigenvalue weighted by Gasteiger charge is 2.27. The molecule has 10 heteroatoms. The van der Waals surface area contributed by atoms with Gasteiger partial charge in [0, 0.05) is 12.8 Å². The van der Waals surface area contributed by atoms with Gasteiger partial charge in [-0.2, -0.15) is 0 Å². The SMILES string of the molecule is CCCCCC/C=C\CCCCCCCCCC(=O)NC(COP(=O)([O-])OCC[N+](C)(C)C)C(/C=C/CCCCCCCCCCCCC)OC(=O)CC/C=C/C/C=C\CCCCCCCC. The van der Waals surface area contributed by atoms with Gasteiger partial charge in [0.2, 0.25) is 5.91 Å². The highest BCUT2D eigenvalue weighted by atomic mass is 31.2. The molecule has 9 nitrogen and oxygen atoms in total. The highest BCUT2D eigenvalue weighted by Crippen LogP contribution is 2.38. The van der Waals surface area contributed by atoms with Crippen LogP contribution in [0.25, 0.3) is 0 Å². The molecule has 0 aromatic heterocycles. The van der Waals surface area contributed by atoms with E-state index < -0.39 is 32.5 Å². The number of nitrogens with one attached hydrogen (secondary N) is 1. The first-order chi connectivity index (χ1) is 32.4. The molecule has 0 saturated heterocycles. The summed E-state index contributed by atoms with van der Waals surface area (Å²) in [6, 6.07) is -0.910. The summed E-state index contributed by atoms with van der Waals surface area (Å²) in [5.74, 6) is -0.621. The number of hydrogen-bond donors (Lipinski definition) is 1. The van der Waals surface area contributed by atoms with Crippen molar-refractivity contribution in [3.05, 3.63) is 48.6 Å². The number of quaternary nitrogens is 1. The van der Waals surface area contributed by atoms with Crippen LogP contribution >= 0.6 is 7.82 Å². The summed E-state index contributed by atoms with van der Waals surface area (Å²) in [6.07, 6.45) is 56.5. The van der Waals surface area contributed by atoms with Gasteiger partial charge in [-0.05, 0) is 76.7 Å². The molecule has 0 saturated carbocycles. The van der Waals surface area contributed by atoms with Gasteiger partial charge in [0.05, 0.1) is 33.8 Å². The van der Waals surface area contributed by atoms with Gasteiger partial charge in [-0.15, -0.1) is 0 Å². The fourth-order valence-corrected chi connectivity index (χ4v) is 8.59. The van der Waals surface area contributed by atoms with Crippen LogP contribution in [-0.4, -0.2) is 69.4 Å². The fraction of sp³-hybridized carbons (Fsp3) is 0.825. The smallest absolute Gasteiger partial charge is 0.306 e. The zero-order chi connectivity index (χ0) is 49.4. The second-order valence-electron chi connectivity index (χ2n) is 20.1. The quantitative estimate of drug-likeness (QED) is 0.0212. The number of allylic oxidation sites excluding steroid dienone is 7. The van der Waals surface area contributed by atoms with E-state index >= 15 is 0 Å². The average Bonchev–Trinajstić information content (AvgIpc) is 3.28. The van der Waals surface area contributed by atoms with Crippen molar-refractivity contribution in [3.8, 4) is 0 Å². The zero-order valence-corrected chi connectivity index (χ0v) is 45.5. The Kier molecular flexibility index (Phi) is 46.2. The van der Waals surface area contributed by atoms with Gasteiger partial charge in [0.15, 0.2) is 0 Å². The number of amides is 1. The van der Waals surface area contributed by atoms with Crippen molar-refractivity contribution in [1.82, 2.24) is 5.32 Å². The van der Waals surface area contributed by atoms with E-state index in [1.165, 1.54) is 148 Å². The Morgan fingerprint density at radius 3 is 1.40 bits per heavy atom. The Balaban J connectivity index is 5.47. The molecule has 0 aliphatic carbocycles. The van der Waals surface area contributed by atoms with Gasteiger partial charge >= 0.3 is 5.97 Å². The van der Waals surface area contributed by atoms with Crippen molar-refractivity contribution in [1.29, 1.82) is 0 Å². The van der Waals surface area contributed by atoms with E-state index in [9.17, 15) is 19.0 Å². The summed E-state index contributed by atoms with van der Waals surface area (Å²) >= 11 is 0. The van der Waals surface area contributed by atoms with Crippen LogP contribution in [-0.2, 0) is 27.9 Å². The molecule has 3 atom stereocenters. The van der Waals surface area contributed by atoms with Crippen molar-refractivity contribution in [2.24, 2.45) is 0 Å². The van der Waals surface area contributed by atoms with Crippen LogP contribution in [0.1, 0.15) is 252 Å². The molecule has 0 aromatic rings. The number of phosphoric ester groups is 1. The molecule has 0 aliphatic rings. The minimum absolute atomic E-state index is 0.0305. The lowest BCUT2D eigenvalue weighted by molar-refractivity contribution is -0.870. The van der Waals surface area contributed by atoms with Crippen LogP contribution in [0.4, 0.5) is 0 Å². The fourth-order valence-electron chi connectivity index (χ4n) is 7.86. The third kappa shape index (κ3) is 48.8. The third-order valence-corrected chi connectivity index (χ3v) is 13.2. The number of ether oxygens (including phenoxy) is 1. The van der Waals surface area contributed by atoms with Gasteiger partial charge in [0.25, 0.3) is 7.82 Å². The largest absolute Gasteiger partial charge is 0.756 e. The minimum atomic E-state index is -4.70. The Labute approximate surface area is 414 Å². The predicted octanol–water partition coefficient (Wildman–Crippen LogP) is 15.9. The molecular weight excluding hydrogens is 856 g/mol. The molecule has 0 bridgehead atoms. The first-order valence-corrected chi connectivity index (χ1v) is 29.4. The number of likely N-dealkylation sites (N-methyl/N-ethyl adjacent to an activating group) is 1. The lowest BCUT2D eigenvalue weighted by atomic mass is 10.0. The molecule has 0 rings (SSSR count). The van der Waals surface area contributed by atoms with Crippen LogP contribution in [0.15, 0.2) is 48.6 Å². The number of hydrogen-bond acceptors (Lipinski definition) is 7. The summed E-state index contributed by atoms with van der Waals surface area (Å²) in [7, 11) is 1.16. The van der Waals surface area contributed by atoms with Gasteiger partial charge in [-0.1, -0.05) is 211 Å². The van der Waals surface area contributed by atoms with Crippen molar-refractivity contribution in [2.45, 2.75) is 264 Å². The number of esters is 1. The van der Waals surface area contributed by atoms with E-state index in [-0.39, 0.29) is 18.9 Å². The van der Waals surface area contributed by atoms with Crippen molar-refractivity contribution < 1.29 is 37.3 Å². The van der Waals surface area contributed by atoms with Crippen molar-refractivity contribution in [3.63, 3.8) is 0 Å². The topological polar surface area (TPSA) is 114 Å². The number of carbonyl (C=O) groups is 2. The van der Waals surface area contributed by atoms with Gasteiger partial charge < -0.3 is 28.5 Å². The summed E-state index contributed by atoms with van der Waals surface area (Å²) in [6.45, 7) is 6.78. The van der Waals surface area contributed by atoms with E-state index in [0.29, 0.717) is 23.9 Å². The summed E-state index contributed by atoms with van der Waals surface area (Å²) < 4.78 is 30.1. The lowest BCUT2D eigenvalue weighted by Crippen LogP contribution is -2.47. The van der Waals surface area contributed by atoms with Crippen molar-refractivity contribution >= 4 is 19.7 Å². The first kappa shape index (κ1) is 65.0. The maximum Gasteiger partial charge on any atom is 0.306 e. The molecule has 0 heterocycles. The zero-order valence-electron chi connectivity index (χ0n) is 44.6. The van der Waals surface area contributed by atoms with Crippen molar-refractivity contribution in [2.75, 3.05) is 40.9 Å². The first-order valence-electron chi connectivity index (χ1n) is 27.9. The Bertz CT molecular complexity index is 1290. The Morgan fingerprint density at radius 1 is 0.522 bits per heavy atom. The Hall–Kier alpha value is -2.03. The van der Waals surface area contributed by atoms with Gasteiger partial charge in [0.1, 0.15) is 19.3 Å². The highest BCUT2D eigenvalue weighted by molar-refractivity contribution is 7.45. The summed E-state index contributed by atoms with van der Waals surface area (Å²) in [5, 5.41) is 3.00.